The van der Waals surface area contributed by atoms with Crippen LogP contribution in [0.2, 0.25) is 0 Å². The average molecular weight is 331 g/mol. The molecule has 4 aliphatic rings. The van der Waals surface area contributed by atoms with E-state index in [1.807, 2.05) is 0 Å². The van der Waals surface area contributed by atoms with E-state index in [9.17, 15) is 14.7 Å². The molecule has 3 fully saturated rings. The molecule has 2 unspecified atom stereocenters. The van der Waals surface area contributed by atoms with E-state index in [1.54, 1.807) is 0 Å². The van der Waals surface area contributed by atoms with Gasteiger partial charge in [0, 0.05) is 36.6 Å². The molecule has 0 aromatic carbocycles. The fourth-order valence-corrected chi connectivity index (χ4v) is 6.80. The van der Waals surface area contributed by atoms with Gasteiger partial charge < -0.3 is 10.8 Å². The van der Waals surface area contributed by atoms with Gasteiger partial charge in [-0.05, 0) is 49.9 Å². The molecule has 0 aromatic heterocycles. The summed E-state index contributed by atoms with van der Waals surface area (Å²) in [5, 5.41) is 10.9. The van der Waals surface area contributed by atoms with Gasteiger partial charge in [0.1, 0.15) is 11.6 Å². The molecular formula is C20H29NO3. The summed E-state index contributed by atoms with van der Waals surface area (Å²) in [6, 6.07) is 0. The highest BCUT2D eigenvalue weighted by Crippen LogP contribution is 2.64. The zero-order valence-electron chi connectivity index (χ0n) is 14.6. The number of nitrogens with two attached hydrogens (primary N) is 1. The molecule has 4 nitrogen and oxygen atoms in total. The van der Waals surface area contributed by atoms with Gasteiger partial charge in [-0.3, -0.25) is 9.59 Å². The third-order valence-corrected chi connectivity index (χ3v) is 8.07. The summed E-state index contributed by atoms with van der Waals surface area (Å²) >= 11 is 0. The maximum absolute atomic E-state index is 12.5. The Morgan fingerprint density at radius 1 is 1.25 bits per heavy atom. The molecule has 0 saturated heterocycles. The van der Waals surface area contributed by atoms with Gasteiger partial charge in [-0.25, -0.2) is 0 Å². The maximum atomic E-state index is 12.5. The van der Waals surface area contributed by atoms with Crippen LogP contribution in [0.15, 0.2) is 11.6 Å². The van der Waals surface area contributed by atoms with Crippen molar-refractivity contribution in [2.75, 3.05) is 6.54 Å². The maximum Gasteiger partial charge on any atom is 0.139 e. The number of carbonyl (C=O) groups is 2. The number of hydrogen-bond donors (Lipinski definition) is 2. The zero-order chi connectivity index (χ0) is 17.1. The van der Waals surface area contributed by atoms with E-state index in [0.717, 1.165) is 37.7 Å². The Labute approximate surface area is 143 Å². The Hall–Kier alpha value is -1.00. The number of allylic oxidation sites excluding steroid dienone is 1. The topological polar surface area (TPSA) is 80.4 Å². The van der Waals surface area contributed by atoms with Crippen LogP contribution in [-0.2, 0) is 9.59 Å². The van der Waals surface area contributed by atoms with Crippen molar-refractivity contribution in [1.29, 1.82) is 0 Å². The SMILES string of the molecule is C[C@]12CC[C@H]3[C@@H](CC=C4CC(=O)CCC43C(O)CN)[C@@H]1CCC2=O. The Balaban J connectivity index is 1.76. The minimum Gasteiger partial charge on any atom is -0.391 e. The molecule has 0 aromatic rings. The minimum absolute atomic E-state index is 0.161. The van der Waals surface area contributed by atoms with Crippen LogP contribution in [0, 0.1) is 28.6 Å². The molecule has 0 radical (unpaired) electrons. The second-order valence-electron chi connectivity index (χ2n) is 8.77. The first-order valence-electron chi connectivity index (χ1n) is 9.56. The van der Waals surface area contributed by atoms with E-state index in [2.05, 4.69) is 13.0 Å². The monoisotopic (exact) mass is 331 g/mol. The van der Waals surface area contributed by atoms with E-state index in [0.29, 0.717) is 42.8 Å². The summed E-state index contributed by atoms with van der Waals surface area (Å²) in [4.78, 5) is 24.5. The second kappa shape index (κ2) is 5.50. The quantitative estimate of drug-likeness (QED) is 0.761. The number of hydrogen-bond acceptors (Lipinski definition) is 4. The summed E-state index contributed by atoms with van der Waals surface area (Å²) in [7, 11) is 0. The molecule has 0 amide bonds. The molecule has 3 saturated carbocycles. The number of fused-ring (bicyclic) bond motifs is 5. The average Bonchev–Trinajstić information content (AvgIpc) is 2.89. The van der Waals surface area contributed by atoms with Crippen LogP contribution in [0.4, 0.5) is 0 Å². The molecule has 132 valence electrons. The lowest BCUT2D eigenvalue weighted by Crippen LogP contribution is -2.57. The van der Waals surface area contributed by atoms with Crippen LogP contribution in [-0.4, -0.2) is 29.3 Å². The van der Waals surface area contributed by atoms with E-state index in [-0.39, 0.29) is 23.2 Å². The lowest BCUT2D eigenvalue weighted by molar-refractivity contribution is -0.136. The van der Waals surface area contributed by atoms with E-state index < -0.39 is 6.10 Å². The molecule has 0 aliphatic heterocycles. The standard InChI is InChI=1S/C20H29NO3/c1-19-8-7-16-14(15(19)4-5-17(19)23)3-2-12-10-13(22)6-9-20(12,16)18(24)11-21/h2,14-16,18,24H,3-11,21H2,1H3/t14-,15-,16-,18?,19-,20?/m0/s1. The predicted octanol–water partition coefficient (Wildman–Crippen LogP) is 2.39. The van der Waals surface area contributed by atoms with Crippen molar-refractivity contribution in [2.45, 2.75) is 64.4 Å². The van der Waals surface area contributed by atoms with Crippen LogP contribution in [0.5, 0.6) is 0 Å². The number of aliphatic hydroxyl groups is 1. The first-order chi connectivity index (χ1) is 11.4. The van der Waals surface area contributed by atoms with Gasteiger partial charge >= 0.3 is 0 Å². The lowest BCUT2D eigenvalue weighted by Gasteiger charge is -2.58. The fourth-order valence-electron chi connectivity index (χ4n) is 6.80. The summed E-state index contributed by atoms with van der Waals surface area (Å²) in [6.07, 6.45) is 7.99. The van der Waals surface area contributed by atoms with Crippen LogP contribution in [0.1, 0.15) is 58.3 Å². The number of aliphatic hydroxyl groups excluding tert-OH is 1. The smallest absolute Gasteiger partial charge is 0.139 e. The number of ketones is 2. The van der Waals surface area contributed by atoms with Gasteiger partial charge in [-0.15, -0.1) is 0 Å². The third-order valence-electron chi connectivity index (χ3n) is 8.07. The van der Waals surface area contributed by atoms with E-state index in [1.165, 1.54) is 0 Å². The van der Waals surface area contributed by atoms with Crippen molar-refractivity contribution >= 4 is 11.6 Å². The first-order valence-corrected chi connectivity index (χ1v) is 9.56. The Kier molecular flexibility index (Phi) is 3.77. The molecule has 0 spiro atoms. The fraction of sp³-hybridized carbons (Fsp3) is 0.800. The Bertz CT molecular complexity index is 612. The highest BCUT2D eigenvalue weighted by atomic mass is 16.3. The molecule has 3 N–H and O–H groups in total. The van der Waals surface area contributed by atoms with Gasteiger partial charge in [0.25, 0.3) is 0 Å². The van der Waals surface area contributed by atoms with Crippen LogP contribution < -0.4 is 5.73 Å². The number of rotatable bonds is 2. The predicted molar refractivity (Wildman–Crippen MR) is 91.1 cm³/mol. The Morgan fingerprint density at radius 3 is 2.79 bits per heavy atom. The van der Waals surface area contributed by atoms with Crippen LogP contribution >= 0.6 is 0 Å². The minimum atomic E-state index is -0.578. The van der Waals surface area contributed by atoms with Crippen molar-refractivity contribution < 1.29 is 14.7 Å². The highest BCUT2D eigenvalue weighted by molar-refractivity contribution is 5.87. The summed E-state index contributed by atoms with van der Waals surface area (Å²) < 4.78 is 0. The molecular weight excluding hydrogens is 302 g/mol. The molecule has 4 heteroatoms. The molecule has 0 heterocycles. The first kappa shape index (κ1) is 16.5. The van der Waals surface area contributed by atoms with Crippen molar-refractivity contribution in [3.8, 4) is 0 Å². The number of carbonyl (C=O) groups excluding carboxylic acids is 2. The summed E-state index contributed by atoms with van der Waals surface area (Å²) in [5.74, 6) is 1.98. The Morgan fingerprint density at radius 2 is 2.04 bits per heavy atom. The molecule has 0 bridgehead atoms. The lowest BCUT2D eigenvalue weighted by atomic mass is 9.46. The molecule has 6 atom stereocenters. The van der Waals surface area contributed by atoms with Crippen molar-refractivity contribution in [2.24, 2.45) is 34.3 Å². The summed E-state index contributed by atoms with van der Waals surface area (Å²) in [6.45, 7) is 2.41. The largest absolute Gasteiger partial charge is 0.391 e. The normalized spacial score (nSPS) is 46.0. The molecule has 4 aliphatic carbocycles. The van der Waals surface area contributed by atoms with Crippen LogP contribution in [0.3, 0.4) is 0 Å². The second-order valence-corrected chi connectivity index (χ2v) is 8.77. The van der Waals surface area contributed by atoms with E-state index in [4.69, 9.17) is 5.73 Å². The third kappa shape index (κ3) is 1.99. The van der Waals surface area contributed by atoms with Gasteiger partial charge in [0.05, 0.1) is 6.10 Å². The van der Waals surface area contributed by atoms with Crippen LogP contribution in [0.25, 0.3) is 0 Å². The molecule has 4 rings (SSSR count). The van der Waals surface area contributed by atoms with Gasteiger partial charge in [-0.2, -0.15) is 0 Å². The highest BCUT2D eigenvalue weighted by Gasteiger charge is 2.61. The molecule has 24 heavy (non-hydrogen) atoms. The number of Topliss-reactive ketones (excluding diaryl/α,β-unsaturated/α-hetero) is 2. The van der Waals surface area contributed by atoms with E-state index >= 15 is 0 Å². The van der Waals surface area contributed by atoms with Gasteiger partial charge in [0.2, 0.25) is 0 Å². The van der Waals surface area contributed by atoms with Gasteiger partial charge in [-0.1, -0.05) is 18.6 Å². The van der Waals surface area contributed by atoms with Crippen molar-refractivity contribution in [3.05, 3.63) is 11.6 Å². The van der Waals surface area contributed by atoms with Gasteiger partial charge in [0.15, 0.2) is 0 Å². The van der Waals surface area contributed by atoms with Crippen molar-refractivity contribution in [1.82, 2.24) is 0 Å². The van der Waals surface area contributed by atoms with Crippen molar-refractivity contribution in [3.63, 3.8) is 0 Å². The summed E-state index contributed by atoms with van der Waals surface area (Å²) in [5.41, 5.74) is 6.56. The zero-order valence-corrected chi connectivity index (χ0v) is 14.6.